The lowest BCUT2D eigenvalue weighted by Gasteiger charge is -2.26. The lowest BCUT2D eigenvalue weighted by molar-refractivity contribution is 0.0880. The number of aliphatic hydroxyl groups is 1. The van der Waals surface area contributed by atoms with Crippen LogP contribution in [0.5, 0.6) is 0 Å². The van der Waals surface area contributed by atoms with Crippen molar-refractivity contribution < 1.29 is 5.11 Å². The Balaban J connectivity index is 2.11. The number of rotatable bonds is 1. The number of amidine groups is 1. The van der Waals surface area contributed by atoms with Gasteiger partial charge in [0.1, 0.15) is 0 Å². The Morgan fingerprint density at radius 3 is 2.58 bits per heavy atom. The lowest BCUT2D eigenvalue weighted by atomic mass is 9.94. The molecule has 2 aliphatic rings. The predicted octanol–water partition coefficient (Wildman–Crippen LogP) is 1.43. The Morgan fingerprint density at radius 2 is 1.88 bits per heavy atom. The molecule has 0 amide bonds. The third-order valence-electron chi connectivity index (χ3n) is 4.62. The van der Waals surface area contributed by atoms with Gasteiger partial charge in [0, 0.05) is 30.3 Å². The summed E-state index contributed by atoms with van der Waals surface area (Å²) in [5.74, 6) is 0. The number of halogens is 1. The van der Waals surface area contributed by atoms with Crippen molar-refractivity contribution in [2.24, 2.45) is 19.1 Å². The van der Waals surface area contributed by atoms with E-state index in [0.29, 0.717) is 16.4 Å². The van der Waals surface area contributed by atoms with Gasteiger partial charge >= 0.3 is 5.69 Å². The molecule has 0 radical (unpaired) electrons. The molecule has 0 spiro atoms. The highest BCUT2D eigenvalue weighted by atomic mass is 79.9. The SMILES string of the molecule is Cn1c2c(c(=O)n(C)c1=O)[C@](O)(c1ccc(Br)cc1)N=C1SC=CN1C2. The first-order valence-electron chi connectivity index (χ1n) is 7.80. The van der Waals surface area contributed by atoms with Crippen LogP contribution in [-0.2, 0) is 26.4 Å². The van der Waals surface area contributed by atoms with Crippen molar-refractivity contribution in [2.45, 2.75) is 12.3 Å². The van der Waals surface area contributed by atoms with Crippen molar-refractivity contribution in [1.82, 2.24) is 14.0 Å². The maximum Gasteiger partial charge on any atom is 0.330 e. The van der Waals surface area contributed by atoms with Crippen LogP contribution in [0, 0.1) is 0 Å². The number of aromatic nitrogens is 2. The molecule has 3 heterocycles. The number of nitrogens with zero attached hydrogens (tertiary/aromatic N) is 4. The molecule has 0 saturated heterocycles. The summed E-state index contributed by atoms with van der Waals surface area (Å²) in [4.78, 5) is 31.8. The van der Waals surface area contributed by atoms with Gasteiger partial charge in [-0.25, -0.2) is 9.79 Å². The van der Waals surface area contributed by atoms with Crippen LogP contribution in [0.3, 0.4) is 0 Å². The van der Waals surface area contributed by atoms with E-state index in [-0.39, 0.29) is 12.1 Å². The van der Waals surface area contributed by atoms with Gasteiger partial charge in [0.25, 0.3) is 5.56 Å². The van der Waals surface area contributed by atoms with Crippen LogP contribution in [0.25, 0.3) is 0 Å². The Morgan fingerprint density at radius 1 is 1.19 bits per heavy atom. The highest BCUT2D eigenvalue weighted by Crippen LogP contribution is 2.37. The van der Waals surface area contributed by atoms with Crippen molar-refractivity contribution in [2.75, 3.05) is 0 Å². The fraction of sp³-hybridized carbons (Fsp3) is 0.235. The van der Waals surface area contributed by atoms with E-state index < -0.39 is 17.0 Å². The normalized spacial score (nSPS) is 21.2. The molecule has 134 valence electrons. The van der Waals surface area contributed by atoms with Crippen LogP contribution < -0.4 is 11.2 Å². The molecule has 2 aliphatic heterocycles. The number of aliphatic imine (C=N–C) groups is 1. The van der Waals surface area contributed by atoms with E-state index >= 15 is 0 Å². The van der Waals surface area contributed by atoms with Crippen LogP contribution in [0.15, 0.2) is 54.9 Å². The average Bonchev–Trinajstić information content (AvgIpc) is 2.99. The molecule has 1 aromatic heterocycles. The second-order valence-electron chi connectivity index (χ2n) is 6.13. The first kappa shape index (κ1) is 17.3. The van der Waals surface area contributed by atoms with Crippen LogP contribution in [-0.4, -0.2) is 24.3 Å². The van der Waals surface area contributed by atoms with Crippen LogP contribution in [0.1, 0.15) is 16.8 Å². The standard InChI is InChI=1S/C17H15BrN4O3S/c1-20-12-9-22-7-8-26-15(22)19-17(25,10-3-5-11(18)6-4-10)13(12)14(23)21(2)16(20)24/h3-8,25H,9H2,1-2H3/t17-/m1/s1. The van der Waals surface area contributed by atoms with Crippen molar-refractivity contribution in [3.8, 4) is 0 Å². The van der Waals surface area contributed by atoms with Crippen molar-refractivity contribution in [1.29, 1.82) is 0 Å². The van der Waals surface area contributed by atoms with Crippen molar-refractivity contribution in [3.05, 3.63) is 78.0 Å². The molecule has 0 fully saturated rings. The molecule has 4 rings (SSSR count). The molecular formula is C17H15BrN4O3S. The first-order chi connectivity index (χ1) is 12.3. The van der Waals surface area contributed by atoms with Gasteiger partial charge in [0.05, 0.1) is 17.8 Å². The molecule has 0 bridgehead atoms. The van der Waals surface area contributed by atoms with Crippen LogP contribution >= 0.6 is 27.7 Å². The van der Waals surface area contributed by atoms with E-state index in [2.05, 4.69) is 20.9 Å². The highest BCUT2D eigenvalue weighted by Gasteiger charge is 2.42. The smallest absolute Gasteiger partial charge is 0.330 e. The molecule has 1 atom stereocenters. The van der Waals surface area contributed by atoms with E-state index in [0.717, 1.165) is 9.04 Å². The molecule has 0 aliphatic carbocycles. The second-order valence-corrected chi connectivity index (χ2v) is 7.92. The lowest BCUT2D eigenvalue weighted by Crippen LogP contribution is -2.46. The zero-order chi connectivity index (χ0) is 18.6. The minimum Gasteiger partial charge on any atom is -0.362 e. The summed E-state index contributed by atoms with van der Waals surface area (Å²) in [6, 6.07) is 6.99. The number of hydrogen-bond acceptors (Lipinski definition) is 6. The van der Waals surface area contributed by atoms with Crippen LogP contribution in [0.4, 0.5) is 0 Å². The maximum absolute atomic E-state index is 13.0. The summed E-state index contributed by atoms with van der Waals surface area (Å²) < 4.78 is 3.25. The summed E-state index contributed by atoms with van der Waals surface area (Å²) in [5, 5.41) is 14.1. The van der Waals surface area contributed by atoms with Gasteiger partial charge in [-0.05, 0) is 17.5 Å². The van der Waals surface area contributed by atoms with E-state index in [1.807, 2.05) is 16.5 Å². The maximum atomic E-state index is 13.0. The Kier molecular flexibility index (Phi) is 3.98. The minimum absolute atomic E-state index is 0.0975. The molecule has 1 N–H and O–H groups in total. The molecule has 1 aromatic carbocycles. The van der Waals surface area contributed by atoms with Gasteiger partial charge < -0.3 is 10.0 Å². The third kappa shape index (κ3) is 2.42. The number of benzene rings is 1. The zero-order valence-corrected chi connectivity index (χ0v) is 16.4. The first-order valence-corrected chi connectivity index (χ1v) is 9.48. The summed E-state index contributed by atoms with van der Waals surface area (Å²) in [6.07, 6.45) is 1.82. The van der Waals surface area contributed by atoms with E-state index in [1.54, 1.807) is 31.3 Å². The van der Waals surface area contributed by atoms with Crippen molar-refractivity contribution in [3.63, 3.8) is 0 Å². The molecule has 9 heteroatoms. The zero-order valence-electron chi connectivity index (χ0n) is 14.0. The van der Waals surface area contributed by atoms with E-state index in [1.165, 1.54) is 23.4 Å². The minimum atomic E-state index is -1.89. The predicted molar refractivity (Wildman–Crippen MR) is 104 cm³/mol. The molecule has 7 nitrogen and oxygen atoms in total. The molecular weight excluding hydrogens is 420 g/mol. The van der Waals surface area contributed by atoms with Gasteiger partial charge in [-0.2, -0.15) is 0 Å². The topological polar surface area (TPSA) is 79.8 Å². The molecule has 0 unspecified atom stereocenters. The summed E-state index contributed by atoms with van der Waals surface area (Å²) in [7, 11) is 3.00. The monoisotopic (exact) mass is 434 g/mol. The van der Waals surface area contributed by atoms with Gasteiger partial charge in [0.15, 0.2) is 5.17 Å². The largest absolute Gasteiger partial charge is 0.362 e. The van der Waals surface area contributed by atoms with Gasteiger partial charge in [-0.1, -0.05) is 39.8 Å². The van der Waals surface area contributed by atoms with Gasteiger partial charge in [-0.15, -0.1) is 0 Å². The van der Waals surface area contributed by atoms with Gasteiger partial charge in [0.2, 0.25) is 5.72 Å². The fourth-order valence-electron chi connectivity index (χ4n) is 3.18. The number of fused-ring (bicyclic) bond motifs is 2. The fourth-order valence-corrected chi connectivity index (χ4v) is 4.22. The average molecular weight is 435 g/mol. The van der Waals surface area contributed by atoms with E-state index in [4.69, 9.17) is 0 Å². The number of hydrogen-bond donors (Lipinski definition) is 1. The quantitative estimate of drug-likeness (QED) is 0.734. The summed E-state index contributed by atoms with van der Waals surface area (Å²) in [6.45, 7) is 0.276. The summed E-state index contributed by atoms with van der Waals surface area (Å²) in [5.41, 5.74) is -1.88. The van der Waals surface area contributed by atoms with Gasteiger partial charge in [-0.3, -0.25) is 13.9 Å². The Bertz CT molecular complexity index is 1090. The Hall–Kier alpha value is -2.10. The van der Waals surface area contributed by atoms with Crippen molar-refractivity contribution >= 4 is 32.9 Å². The summed E-state index contributed by atoms with van der Waals surface area (Å²) >= 11 is 4.74. The molecule has 2 aromatic rings. The highest BCUT2D eigenvalue weighted by molar-refractivity contribution is 9.10. The second kappa shape index (κ2) is 5.97. The molecule has 26 heavy (non-hydrogen) atoms. The third-order valence-corrected chi connectivity index (χ3v) is 5.94. The van der Waals surface area contributed by atoms with E-state index in [9.17, 15) is 14.7 Å². The molecule has 0 saturated carbocycles. The number of thioether (sulfide) groups is 1. The van der Waals surface area contributed by atoms with Crippen LogP contribution in [0.2, 0.25) is 0 Å². The Labute approximate surface area is 161 Å².